The largest absolute Gasteiger partial charge is 0.384 e. The molecule has 2 N–H and O–H groups in total. The normalized spacial score (nSPS) is 20.3. The van der Waals surface area contributed by atoms with Gasteiger partial charge < -0.3 is 5.73 Å². The Hall–Kier alpha value is -1.58. The fourth-order valence-corrected chi connectivity index (χ4v) is 2.91. The third kappa shape index (κ3) is 1.51. The number of hydrogen-bond donors (Lipinski definition) is 1. The summed E-state index contributed by atoms with van der Waals surface area (Å²) >= 11 is 0. The molecule has 2 aromatic heterocycles. The molecule has 2 saturated carbocycles. The third-order valence-electron chi connectivity index (χ3n) is 4.01. The second-order valence-corrected chi connectivity index (χ2v) is 5.41. The Morgan fingerprint density at radius 3 is 2.59 bits per heavy atom. The number of anilines is 1. The lowest BCUT2D eigenvalue weighted by molar-refractivity contribution is 0.524. The highest BCUT2D eigenvalue weighted by atomic mass is 15.3. The molecule has 0 bridgehead atoms. The molecular formula is C13H16N4. The first kappa shape index (κ1) is 9.45. The van der Waals surface area contributed by atoms with Crippen molar-refractivity contribution in [3.63, 3.8) is 0 Å². The van der Waals surface area contributed by atoms with E-state index in [9.17, 15) is 0 Å². The fourth-order valence-electron chi connectivity index (χ4n) is 2.91. The summed E-state index contributed by atoms with van der Waals surface area (Å²) in [6.07, 6.45) is 7.23. The molecule has 0 atom stereocenters. The van der Waals surface area contributed by atoms with Crippen molar-refractivity contribution in [2.75, 3.05) is 5.73 Å². The van der Waals surface area contributed by atoms with E-state index >= 15 is 0 Å². The standard InChI is InChI=1S/C13H16N4/c14-11-7-10(16-12-5-6-15-17(11)12)13(8-1-2-8)9-3-4-9/h5-9,13H,1-4,14H2. The average Bonchev–Trinajstić information content (AvgIpc) is 3.22. The van der Waals surface area contributed by atoms with Gasteiger partial charge >= 0.3 is 0 Å². The van der Waals surface area contributed by atoms with Crippen LogP contribution in [-0.4, -0.2) is 14.6 Å². The Morgan fingerprint density at radius 1 is 1.24 bits per heavy atom. The Labute approximate surface area is 99.8 Å². The van der Waals surface area contributed by atoms with E-state index in [0.29, 0.717) is 11.7 Å². The van der Waals surface area contributed by atoms with Gasteiger partial charge in [0.1, 0.15) is 5.82 Å². The van der Waals surface area contributed by atoms with Crippen molar-refractivity contribution in [1.82, 2.24) is 14.6 Å². The molecule has 0 spiro atoms. The molecule has 2 heterocycles. The van der Waals surface area contributed by atoms with Crippen molar-refractivity contribution in [2.45, 2.75) is 31.6 Å². The lowest BCUT2D eigenvalue weighted by atomic mass is 9.94. The number of rotatable bonds is 3. The van der Waals surface area contributed by atoms with E-state index in [1.807, 2.05) is 12.1 Å². The predicted molar refractivity (Wildman–Crippen MR) is 65.6 cm³/mol. The molecule has 17 heavy (non-hydrogen) atoms. The lowest BCUT2D eigenvalue weighted by Gasteiger charge is -2.15. The monoisotopic (exact) mass is 228 g/mol. The van der Waals surface area contributed by atoms with Crippen LogP contribution in [-0.2, 0) is 0 Å². The van der Waals surface area contributed by atoms with Gasteiger partial charge in [0.05, 0.1) is 11.9 Å². The summed E-state index contributed by atoms with van der Waals surface area (Å²) in [4.78, 5) is 4.74. The molecule has 4 heteroatoms. The smallest absolute Gasteiger partial charge is 0.157 e. The molecule has 2 aliphatic carbocycles. The second kappa shape index (κ2) is 3.22. The van der Waals surface area contributed by atoms with Crippen molar-refractivity contribution in [3.05, 3.63) is 24.0 Å². The van der Waals surface area contributed by atoms with E-state index in [1.165, 1.54) is 31.4 Å². The first-order chi connectivity index (χ1) is 8.33. The van der Waals surface area contributed by atoms with Crippen LogP contribution in [0.5, 0.6) is 0 Å². The molecular weight excluding hydrogens is 212 g/mol. The van der Waals surface area contributed by atoms with Crippen LogP contribution in [0.25, 0.3) is 5.65 Å². The maximum Gasteiger partial charge on any atom is 0.157 e. The molecule has 2 aromatic rings. The molecule has 0 aromatic carbocycles. The van der Waals surface area contributed by atoms with Crippen LogP contribution in [0.2, 0.25) is 0 Å². The molecule has 88 valence electrons. The van der Waals surface area contributed by atoms with Crippen LogP contribution >= 0.6 is 0 Å². The van der Waals surface area contributed by atoms with E-state index in [4.69, 9.17) is 10.7 Å². The molecule has 0 radical (unpaired) electrons. The van der Waals surface area contributed by atoms with Crippen molar-refractivity contribution in [1.29, 1.82) is 0 Å². The summed E-state index contributed by atoms with van der Waals surface area (Å²) in [5, 5.41) is 4.17. The van der Waals surface area contributed by atoms with Gasteiger partial charge in [0.25, 0.3) is 0 Å². The summed E-state index contributed by atoms with van der Waals surface area (Å²) in [7, 11) is 0. The van der Waals surface area contributed by atoms with Gasteiger partial charge in [-0.15, -0.1) is 0 Å². The van der Waals surface area contributed by atoms with Gasteiger partial charge in [-0.1, -0.05) is 0 Å². The molecule has 4 rings (SSSR count). The van der Waals surface area contributed by atoms with Crippen molar-refractivity contribution in [3.8, 4) is 0 Å². The Morgan fingerprint density at radius 2 is 1.94 bits per heavy atom. The van der Waals surface area contributed by atoms with E-state index in [2.05, 4.69) is 5.10 Å². The number of fused-ring (bicyclic) bond motifs is 1. The minimum Gasteiger partial charge on any atom is -0.384 e. The first-order valence-corrected chi connectivity index (χ1v) is 6.43. The summed E-state index contributed by atoms with van der Waals surface area (Å²) < 4.78 is 1.71. The Balaban J connectivity index is 1.82. The van der Waals surface area contributed by atoms with Crippen molar-refractivity contribution < 1.29 is 0 Å². The lowest BCUT2D eigenvalue weighted by Crippen LogP contribution is -2.10. The Bertz CT molecular complexity index is 554. The fraction of sp³-hybridized carbons (Fsp3) is 0.538. The number of nitrogens with two attached hydrogens (primary N) is 1. The molecule has 4 nitrogen and oxygen atoms in total. The highest BCUT2D eigenvalue weighted by Crippen LogP contribution is 2.54. The van der Waals surface area contributed by atoms with Crippen LogP contribution in [0.4, 0.5) is 5.82 Å². The first-order valence-electron chi connectivity index (χ1n) is 6.43. The summed E-state index contributed by atoms with van der Waals surface area (Å²) in [5.74, 6) is 3.08. The number of nitrogens with zero attached hydrogens (tertiary/aromatic N) is 3. The highest BCUT2D eigenvalue weighted by molar-refractivity contribution is 5.47. The van der Waals surface area contributed by atoms with Gasteiger partial charge in [-0.05, 0) is 37.5 Å². The van der Waals surface area contributed by atoms with Gasteiger partial charge in [-0.25, -0.2) is 4.98 Å². The van der Waals surface area contributed by atoms with Crippen LogP contribution in [0, 0.1) is 11.8 Å². The van der Waals surface area contributed by atoms with Gasteiger partial charge in [0.15, 0.2) is 5.65 Å². The topological polar surface area (TPSA) is 56.2 Å². The molecule has 0 aliphatic heterocycles. The zero-order chi connectivity index (χ0) is 11.4. The van der Waals surface area contributed by atoms with E-state index in [1.54, 1.807) is 10.7 Å². The summed E-state index contributed by atoms with van der Waals surface area (Å²) in [5.41, 5.74) is 8.12. The summed E-state index contributed by atoms with van der Waals surface area (Å²) in [6.45, 7) is 0. The maximum absolute atomic E-state index is 6.04. The number of nitrogen functional groups attached to an aromatic ring is 1. The average molecular weight is 228 g/mol. The number of hydrogen-bond acceptors (Lipinski definition) is 3. The van der Waals surface area contributed by atoms with Gasteiger partial charge in [0.2, 0.25) is 0 Å². The molecule has 0 unspecified atom stereocenters. The van der Waals surface area contributed by atoms with Gasteiger partial charge in [0, 0.05) is 18.1 Å². The zero-order valence-electron chi connectivity index (χ0n) is 9.71. The Kier molecular flexibility index (Phi) is 1.79. The number of aromatic nitrogens is 3. The molecule has 2 aliphatic rings. The van der Waals surface area contributed by atoms with Gasteiger partial charge in [-0.3, -0.25) is 0 Å². The van der Waals surface area contributed by atoms with Gasteiger partial charge in [-0.2, -0.15) is 9.61 Å². The minimum atomic E-state index is 0.650. The van der Waals surface area contributed by atoms with Crippen LogP contribution < -0.4 is 5.73 Å². The minimum absolute atomic E-state index is 0.650. The maximum atomic E-state index is 6.04. The van der Waals surface area contributed by atoms with Crippen molar-refractivity contribution in [2.24, 2.45) is 11.8 Å². The van der Waals surface area contributed by atoms with E-state index in [-0.39, 0.29) is 0 Å². The van der Waals surface area contributed by atoms with Crippen LogP contribution in [0.15, 0.2) is 18.3 Å². The van der Waals surface area contributed by atoms with E-state index < -0.39 is 0 Å². The molecule has 2 fully saturated rings. The molecule has 0 saturated heterocycles. The summed E-state index contributed by atoms with van der Waals surface area (Å²) in [6, 6.07) is 3.96. The molecule has 0 amide bonds. The van der Waals surface area contributed by atoms with Crippen molar-refractivity contribution >= 4 is 11.5 Å². The second-order valence-electron chi connectivity index (χ2n) is 5.41. The van der Waals surface area contributed by atoms with Crippen LogP contribution in [0.1, 0.15) is 37.3 Å². The quantitative estimate of drug-likeness (QED) is 0.876. The predicted octanol–water partition coefficient (Wildman–Crippen LogP) is 2.22. The third-order valence-corrected chi connectivity index (χ3v) is 4.01. The zero-order valence-corrected chi connectivity index (χ0v) is 9.71. The SMILES string of the molecule is Nc1cc(C(C2CC2)C2CC2)nc2ccnn12. The highest BCUT2D eigenvalue weighted by Gasteiger charge is 2.43. The van der Waals surface area contributed by atoms with E-state index in [0.717, 1.165) is 17.5 Å². The van der Waals surface area contributed by atoms with Crippen LogP contribution in [0.3, 0.4) is 0 Å².